The average Bonchev–Trinajstić information content (AvgIpc) is 2.61. The Morgan fingerprint density at radius 1 is 1.15 bits per heavy atom. The van der Waals surface area contributed by atoms with E-state index in [1.54, 1.807) is 31.2 Å². The van der Waals surface area contributed by atoms with Crippen LogP contribution in [0.5, 0.6) is 5.75 Å². The summed E-state index contributed by atoms with van der Waals surface area (Å²) in [5.74, 6) is -2.79. The Balaban J connectivity index is 1.86. The molecule has 5 nitrogen and oxygen atoms in total. The van der Waals surface area contributed by atoms with E-state index in [-0.39, 0.29) is 30.4 Å². The smallest absolute Gasteiger partial charge is 0.341 e. The molecule has 138 valence electrons. The molecule has 2 aromatic carbocycles. The van der Waals surface area contributed by atoms with Crippen molar-refractivity contribution in [3.8, 4) is 5.75 Å². The van der Waals surface area contributed by atoms with Crippen LogP contribution in [0, 0.1) is 11.6 Å². The predicted molar refractivity (Wildman–Crippen MR) is 90.8 cm³/mol. The molecule has 0 aliphatic carbocycles. The van der Waals surface area contributed by atoms with Crippen LogP contribution in [0.15, 0.2) is 42.5 Å². The highest BCUT2D eigenvalue weighted by atomic mass is 19.2. The van der Waals surface area contributed by atoms with Gasteiger partial charge in [0.25, 0.3) is 0 Å². The Labute approximate surface area is 149 Å². The van der Waals surface area contributed by atoms with Crippen molar-refractivity contribution in [1.29, 1.82) is 0 Å². The van der Waals surface area contributed by atoms with Crippen LogP contribution in [0.3, 0.4) is 0 Å². The summed E-state index contributed by atoms with van der Waals surface area (Å²) in [7, 11) is 0. The largest absolute Gasteiger partial charge is 0.482 e. The second-order valence-corrected chi connectivity index (χ2v) is 5.75. The highest BCUT2D eigenvalue weighted by Crippen LogP contribution is 2.18. The van der Waals surface area contributed by atoms with Crippen LogP contribution in [-0.4, -0.2) is 23.6 Å². The van der Waals surface area contributed by atoms with E-state index in [0.29, 0.717) is 5.75 Å². The van der Waals surface area contributed by atoms with Gasteiger partial charge in [0.2, 0.25) is 5.91 Å². The molecule has 0 aliphatic rings. The van der Waals surface area contributed by atoms with Crippen molar-refractivity contribution in [2.45, 2.75) is 25.8 Å². The molecule has 1 atom stereocenters. The quantitative estimate of drug-likeness (QED) is 0.755. The lowest BCUT2D eigenvalue weighted by Gasteiger charge is -2.15. The van der Waals surface area contributed by atoms with Crippen molar-refractivity contribution in [1.82, 2.24) is 5.32 Å². The highest BCUT2D eigenvalue weighted by Gasteiger charge is 2.13. The van der Waals surface area contributed by atoms with Gasteiger partial charge in [0.1, 0.15) is 5.75 Å². The number of nitrogens with one attached hydrogen (secondary N) is 1. The number of hydrogen-bond acceptors (Lipinski definition) is 3. The summed E-state index contributed by atoms with van der Waals surface area (Å²) in [6.45, 7) is 1.36. The van der Waals surface area contributed by atoms with Gasteiger partial charge in [-0.1, -0.05) is 24.3 Å². The van der Waals surface area contributed by atoms with Gasteiger partial charge in [0.15, 0.2) is 18.2 Å². The summed E-state index contributed by atoms with van der Waals surface area (Å²) in [6.07, 6.45) is 0.134. The van der Waals surface area contributed by atoms with E-state index in [0.717, 1.165) is 11.6 Å². The van der Waals surface area contributed by atoms with Crippen LogP contribution in [0.25, 0.3) is 0 Å². The number of carboxylic acids is 1. The lowest BCUT2D eigenvalue weighted by atomic mass is 10.1. The first-order valence-corrected chi connectivity index (χ1v) is 8.03. The zero-order chi connectivity index (χ0) is 19.1. The maximum absolute atomic E-state index is 13.6. The number of amides is 1. The van der Waals surface area contributed by atoms with E-state index >= 15 is 0 Å². The first kappa shape index (κ1) is 19.4. The van der Waals surface area contributed by atoms with Gasteiger partial charge in [-0.15, -0.1) is 0 Å². The van der Waals surface area contributed by atoms with Gasteiger partial charge in [-0.25, -0.2) is 13.6 Å². The van der Waals surface area contributed by atoms with Crippen LogP contribution >= 0.6 is 0 Å². The normalized spacial score (nSPS) is 11.7. The fourth-order valence-corrected chi connectivity index (χ4v) is 2.38. The van der Waals surface area contributed by atoms with Crippen LogP contribution in [0.1, 0.15) is 30.5 Å². The van der Waals surface area contributed by atoms with Crippen LogP contribution < -0.4 is 10.1 Å². The third kappa shape index (κ3) is 5.54. The van der Waals surface area contributed by atoms with Crippen LogP contribution in [0.2, 0.25) is 0 Å². The van der Waals surface area contributed by atoms with E-state index in [2.05, 4.69) is 5.32 Å². The van der Waals surface area contributed by atoms with E-state index in [4.69, 9.17) is 9.84 Å². The van der Waals surface area contributed by atoms with Crippen LogP contribution in [0.4, 0.5) is 8.78 Å². The number of benzene rings is 2. The summed E-state index contributed by atoms with van der Waals surface area (Å²) in [4.78, 5) is 22.5. The van der Waals surface area contributed by atoms with E-state index in [1.807, 2.05) is 0 Å². The number of rotatable bonds is 8. The Morgan fingerprint density at radius 2 is 1.85 bits per heavy atom. The molecule has 0 spiro atoms. The molecule has 0 heterocycles. The summed E-state index contributed by atoms with van der Waals surface area (Å²) in [5, 5.41) is 11.3. The maximum Gasteiger partial charge on any atom is 0.341 e. The van der Waals surface area contributed by atoms with Gasteiger partial charge in [-0.3, -0.25) is 4.79 Å². The molecule has 0 fully saturated rings. The summed E-state index contributed by atoms with van der Waals surface area (Å²) >= 11 is 0. The lowest BCUT2D eigenvalue weighted by Crippen LogP contribution is -2.26. The van der Waals surface area contributed by atoms with E-state index in [9.17, 15) is 18.4 Å². The molecule has 26 heavy (non-hydrogen) atoms. The molecule has 2 rings (SSSR count). The molecule has 1 amide bonds. The van der Waals surface area contributed by atoms with Crippen molar-refractivity contribution in [2.24, 2.45) is 0 Å². The number of halogens is 2. The van der Waals surface area contributed by atoms with Gasteiger partial charge in [-0.2, -0.15) is 0 Å². The van der Waals surface area contributed by atoms with Crippen molar-refractivity contribution < 1.29 is 28.2 Å². The van der Waals surface area contributed by atoms with Gasteiger partial charge in [0, 0.05) is 6.42 Å². The maximum atomic E-state index is 13.6. The van der Waals surface area contributed by atoms with Crippen molar-refractivity contribution >= 4 is 11.9 Å². The van der Waals surface area contributed by atoms with Gasteiger partial charge >= 0.3 is 5.97 Å². The average molecular weight is 363 g/mol. The first-order valence-electron chi connectivity index (χ1n) is 8.03. The Morgan fingerprint density at radius 3 is 2.50 bits per heavy atom. The van der Waals surface area contributed by atoms with E-state index in [1.165, 1.54) is 12.1 Å². The SMILES string of the molecule is CC(NC(=O)CCc1cccc(F)c1F)c1ccc(OCC(=O)O)cc1. The molecule has 0 saturated heterocycles. The molecule has 1 unspecified atom stereocenters. The van der Waals surface area contributed by atoms with Gasteiger partial charge < -0.3 is 15.2 Å². The van der Waals surface area contributed by atoms with E-state index < -0.39 is 24.2 Å². The van der Waals surface area contributed by atoms with Gasteiger partial charge in [0.05, 0.1) is 6.04 Å². The Bertz CT molecular complexity index is 778. The second kappa shape index (κ2) is 8.94. The molecule has 7 heteroatoms. The minimum Gasteiger partial charge on any atom is -0.482 e. The van der Waals surface area contributed by atoms with Crippen LogP contribution in [-0.2, 0) is 16.0 Å². The van der Waals surface area contributed by atoms with Crippen molar-refractivity contribution in [2.75, 3.05) is 6.61 Å². The monoisotopic (exact) mass is 363 g/mol. The van der Waals surface area contributed by atoms with Gasteiger partial charge in [-0.05, 0) is 42.7 Å². The minimum atomic E-state index is -1.07. The molecular weight excluding hydrogens is 344 g/mol. The number of ether oxygens (including phenoxy) is 1. The number of hydrogen-bond donors (Lipinski definition) is 2. The second-order valence-electron chi connectivity index (χ2n) is 5.75. The van der Waals surface area contributed by atoms with Crippen molar-refractivity contribution in [3.63, 3.8) is 0 Å². The number of carboxylic acid groups (broad SMARTS) is 1. The number of carbonyl (C=O) groups is 2. The molecule has 0 bridgehead atoms. The molecule has 0 aromatic heterocycles. The Kier molecular flexibility index (Phi) is 6.66. The Hall–Kier alpha value is -2.96. The number of carbonyl (C=O) groups excluding carboxylic acids is 1. The third-order valence-corrected chi connectivity index (χ3v) is 3.77. The first-order chi connectivity index (χ1) is 12.4. The molecule has 0 aliphatic heterocycles. The third-order valence-electron chi connectivity index (χ3n) is 3.77. The fourth-order valence-electron chi connectivity index (χ4n) is 2.38. The minimum absolute atomic E-state index is 0.0323. The molecular formula is C19H19F2NO4. The van der Waals surface area contributed by atoms with Crippen molar-refractivity contribution in [3.05, 3.63) is 65.2 Å². The molecule has 2 N–H and O–H groups in total. The fraction of sp³-hybridized carbons (Fsp3) is 0.263. The molecule has 0 saturated carbocycles. The molecule has 0 radical (unpaired) electrons. The summed E-state index contributed by atoms with van der Waals surface area (Å²) in [5.41, 5.74) is 0.964. The topological polar surface area (TPSA) is 75.6 Å². The summed E-state index contributed by atoms with van der Waals surface area (Å²) < 4.78 is 31.8. The number of aryl methyl sites for hydroxylation is 1. The predicted octanol–water partition coefficient (Wildman–Crippen LogP) is 3.24. The summed E-state index contributed by atoms with van der Waals surface area (Å²) in [6, 6.07) is 10.3. The standard InChI is InChI=1S/C19H19F2NO4/c1-12(13-5-8-15(9-6-13)26-11-18(24)25)22-17(23)10-7-14-3-2-4-16(20)19(14)21/h2-6,8-9,12H,7,10-11H2,1H3,(H,22,23)(H,24,25). The zero-order valence-corrected chi connectivity index (χ0v) is 14.2. The lowest BCUT2D eigenvalue weighted by molar-refractivity contribution is -0.139. The number of aliphatic carboxylic acids is 1. The zero-order valence-electron chi connectivity index (χ0n) is 14.2. The molecule has 2 aromatic rings. The highest BCUT2D eigenvalue weighted by molar-refractivity contribution is 5.76.